The normalized spacial score (nSPS) is 28.1. The van der Waals surface area contributed by atoms with Gasteiger partial charge in [0.25, 0.3) is 0 Å². The van der Waals surface area contributed by atoms with Gasteiger partial charge < -0.3 is 5.43 Å². The molecule has 3 unspecified atom stereocenters. The first-order valence-electron chi connectivity index (χ1n) is 7.33. The second-order valence-electron chi connectivity index (χ2n) is 5.50. The lowest BCUT2D eigenvalue weighted by molar-refractivity contribution is 0.0954. The van der Waals surface area contributed by atoms with E-state index in [9.17, 15) is 0 Å². The smallest absolute Gasteiger partial charge is 0.0990 e. The van der Waals surface area contributed by atoms with E-state index in [2.05, 4.69) is 69.3 Å². The minimum Gasteiger partial charge on any atom is -0.325 e. The number of aromatic nitrogens is 1. The van der Waals surface area contributed by atoms with Crippen LogP contribution in [0.2, 0.25) is 0 Å². The van der Waals surface area contributed by atoms with E-state index in [1.807, 2.05) is 18.5 Å². The van der Waals surface area contributed by atoms with Gasteiger partial charge >= 0.3 is 0 Å². The average molecular weight is 278 g/mol. The molecule has 4 nitrogen and oxygen atoms in total. The topological polar surface area (TPSA) is 40.2 Å². The van der Waals surface area contributed by atoms with Gasteiger partial charge in [0.1, 0.15) is 0 Å². The van der Waals surface area contributed by atoms with E-state index in [-0.39, 0.29) is 12.2 Å². The molecule has 4 rings (SSSR count). The van der Waals surface area contributed by atoms with E-state index in [1.54, 1.807) is 0 Å². The van der Waals surface area contributed by atoms with Crippen LogP contribution in [0, 0.1) is 0 Å². The maximum Gasteiger partial charge on any atom is 0.0990 e. The number of pyridine rings is 1. The third-order valence-electron chi connectivity index (χ3n) is 4.23. The summed E-state index contributed by atoms with van der Waals surface area (Å²) in [4.78, 5) is 4.57. The highest BCUT2D eigenvalue weighted by Crippen LogP contribution is 2.35. The number of hydrazine groups is 1. The average Bonchev–Trinajstić information content (AvgIpc) is 3.03. The second-order valence-corrected chi connectivity index (χ2v) is 5.50. The van der Waals surface area contributed by atoms with E-state index >= 15 is 0 Å². The van der Waals surface area contributed by atoms with Crippen molar-refractivity contribution in [3.63, 3.8) is 0 Å². The van der Waals surface area contributed by atoms with Crippen LogP contribution < -0.4 is 10.7 Å². The number of benzene rings is 1. The molecule has 0 bridgehead atoms. The van der Waals surface area contributed by atoms with Crippen molar-refractivity contribution in [3.05, 3.63) is 78.3 Å². The van der Waals surface area contributed by atoms with Crippen LogP contribution >= 0.6 is 0 Å². The first-order chi connectivity index (χ1) is 10.4. The fraction of sp³-hybridized carbons (Fsp3) is 0.235. The Morgan fingerprint density at radius 1 is 1.05 bits per heavy atom. The molecule has 2 N–H and O–H groups in total. The summed E-state index contributed by atoms with van der Waals surface area (Å²) in [5.41, 5.74) is 5.74. The van der Waals surface area contributed by atoms with Crippen molar-refractivity contribution in [2.24, 2.45) is 0 Å². The predicted molar refractivity (Wildman–Crippen MR) is 82.1 cm³/mol. The number of hydrogen-bond acceptors (Lipinski definition) is 4. The number of rotatable bonds is 2. The molecule has 2 aromatic rings. The van der Waals surface area contributed by atoms with Crippen molar-refractivity contribution in [3.8, 4) is 0 Å². The molecule has 0 spiro atoms. The fourth-order valence-electron chi connectivity index (χ4n) is 3.19. The number of fused-ring (bicyclic) bond motifs is 1. The predicted octanol–water partition coefficient (Wildman–Crippen LogP) is 2.17. The molecule has 21 heavy (non-hydrogen) atoms. The highest BCUT2D eigenvalue weighted by Gasteiger charge is 2.37. The molecule has 4 heteroatoms. The van der Waals surface area contributed by atoms with Crippen LogP contribution in [0.15, 0.2) is 67.0 Å². The highest BCUT2D eigenvalue weighted by atomic mass is 15.6. The summed E-state index contributed by atoms with van der Waals surface area (Å²) >= 11 is 0. The van der Waals surface area contributed by atoms with Crippen LogP contribution in [-0.4, -0.2) is 22.7 Å². The summed E-state index contributed by atoms with van der Waals surface area (Å²) in [6.07, 6.45) is 6.25. The molecule has 0 saturated carbocycles. The Balaban J connectivity index is 1.71. The van der Waals surface area contributed by atoms with Crippen molar-refractivity contribution in [2.75, 3.05) is 6.54 Å². The molecule has 3 heterocycles. The van der Waals surface area contributed by atoms with Gasteiger partial charge in [0.15, 0.2) is 0 Å². The molecule has 1 aromatic carbocycles. The van der Waals surface area contributed by atoms with Crippen LogP contribution in [0.25, 0.3) is 0 Å². The Bertz CT molecular complexity index is 626. The number of nitrogens with zero attached hydrogens (tertiary/aromatic N) is 2. The van der Waals surface area contributed by atoms with E-state index < -0.39 is 0 Å². The van der Waals surface area contributed by atoms with Crippen LogP contribution in [0.3, 0.4) is 0 Å². The molecule has 0 radical (unpaired) electrons. The Kier molecular flexibility index (Phi) is 3.18. The van der Waals surface area contributed by atoms with E-state index in [1.165, 1.54) is 5.56 Å². The zero-order valence-electron chi connectivity index (χ0n) is 11.7. The first kappa shape index (κ1) is 12.6. The fourth-order valence-corrected chi connectivity index (χ4v) is 3.19. The summed E-state index contributed by atoms with van der Waals surface area (Å²) in [6, 6.07) is 17.0. The molecule has 106 valence electrons. The van der Waals surface area contributed by atoms with Gasteiger partial charge in [0, 0.05) is 24.9 Å². The van der Waals surface area contributed by atoms with Gasteiger partial charge in [-0.2, -0.15) is 0 Å². The van der Waals surface area contributed by atoms with Gasteiger partial charge in [-0.15, -0.1) is 0 Å². The third kappa shape index (κ3) is 2.33. The summed E-state index contributed by atoms with van der Waals surface area (Å²) in [6.45, 7) is 0.954. The van der Waals surface area contributed by atoms with Crippen molar-refractivity contribution < 1.29 is 0 Å². The monoisotopic (exact) mass is 278 g/mol. The Morgan fingerprint density at radius 2 is 1.90 bits per heavy atom. The van der Waals surface area contributed by atoms with E-state index in [4.69, 9.17) is 0 Å². The summed E-state index contributed by atoms with van der Waals surface area (Å²) in [5, 5.41) is 5.93. The van der Waals surface area contributed by atoms with Crippen LogP contribution in [0.1, 0.15) is 23.2 Å². The molecule has 2 aliphatic rings. The van der Waals surface area contributed by atoms with Gasteiger partial charge in [0.05, 0.1) is 17.9 Å². The molecule has 1 saturated heterocycles. The minimum absolute atomic E-state index is 0.222. The summed E-state index contributed by atoms with van der Waals surface area (Å²) in [7, 11) is 0. The minimum atomic E-state index is 0.222. The van der Waals surface area contributed by atoms with Gasteiger partial charge in [-0.05, 0) is 23.8 Å². The SMILES string of the molecule is C1=CC2NC(c3ccccn3)C(c3ccccc3)CN2N1. The number of nitrogens with one attached hydrogen (secondary N) is 2. The van der Waals surface area contributed by atoms with Gasteiger partial charge in [-0.3, -0.25) is 10.3 Å². The van der Waals surface area contributed by atoms with Crippen molar-refractivity contribution in [2.45, 2.75) is 18.1 Å². The molecule has 3 atom stereocenters. The quantitative estimate of drug-likeness (QED) is 0.883. The Labute approximate surface area is 124 Å². The van der Waals surface area contributed by atoms with Gasteiger partial charge in [0.2, 0.25) is 0 Å². The lowest BCUT2D eigenvalue weighted by atomic mass is 9.87. The molecule has 1 fully saturated rings. The maximum absolute atomic E-state index is 4.57. The zero-order chi connectivity index (χ0) is 14.1. The van der Waals surface area contributed by atoms with Gasteiger partial charge in [-0.25, -0.2) is 5.01 Å². The Hall–Kier alpha value is -2.17. The van der Waals surface area contributed by atoms with Crippen molar-refractivity contribution in [1.29, 1.82) is 0 Å². The van der Waals surface area contributed by atoms with Crippen molar-refractivity contribution >= 4 is 0 Å². The van der Waals surface area contributed by atoms with E-state index in [0.29, 0.717) is 5.92 Å². The summed E-state index contributed by atoms with van der Waals surface area (Å²) in [5.74, 6) is 0.366. The molecular formula is C17H18N4. The standard InChI is InChI=1S/C17H18N4/c1-2-6-13(7-3-1)14-12-21-16(9-11-19-21)20-17(14)15-8-4-5-10-18-15/h1-11,14,16-17,19-20H,12H2. The first-order valence-corrected chi connectivity index (χ1v) is 7.33. The lowest BCUT2D eigenvalue weighted by Gasteiger charge is -2.41. The molecule has 0 amide bonds. The van der Waals surface area contributed by atoms with Crippen LogP contribution in [0.4, 0.5) is 0 Å². The highest BCUT2D eigenvalue weighted by molar-refractivity contribution is 5.27. The molecule has 0 aliphatic carbocycles. The van der Waals surface area contributed by atoms with Crippen LogP contribution in [-0.2, 0) is 0 Å². The van der Waals surface area contributed by atoms with E-state index in [0.717, 1.165) is 12.2 Å². The zero-order valence-corrected chi connectivity index (χ0v) is 11.7. The third-order valence-corrected chi connectivity index (χ3v) is 4.23. The molecule has 2 aliphatic heterocycles. The van der Waals surface area contributed by atoms with Gasteiger partial charge in [-0.1, -0.05) is 36.4 Å². The summed E-state index contributed by atoms with van der Waals surface area (Å²) < 4.78 is 0. The molecule has 1 aromatic heterocycles. The number of hydrogen-bond donors (Lipinski definition) is 2. The molecular weight excluding hydrogens is 260 g/mol. The van der Waals surface area contributed by atoms with Crippen molar-refractivity contribution in [1.82, 2.24) is 20.7 Å². The maximum atomic E-state index is 4.57. The Morgan fingerprint density at radius 3 is 2.71 bits per heavy atom. The largest absolute Gasteiger partial charge is 0.325 e. The lowest BCUT2D eigenvalue weighted by Crippen LogP contribution is -2.55. The second kappa shape index (κ2) is 5.31. The van der Waals surface area contributed by atoms with Crippen LogP contribution in [0.5, 0.6) is 0 Å².